The van der Waals surface area contributed by atoms with E-state index in [1.807, 2.05) is 0 Å². The van der Waals surface area contributed by atoms with Gasteiger partial charge in [0.15, 0.2) is 0 Å². The van der Waals surface area contributed by atoms with Gasteiger partial charge in [-0.1, -0.05) is 6.07 Å². The minimum atomic E-state index is -4.78. The van der Waals surface area contributed by atoms with Gasteiger partial charge < -0.3 is 9.84 Å². The monoisotopic (exact) mass is 442 g/mol. The lowest BCUT2D eigenvalue weighted by Crippen LogP contribution is -2.30. The molecule has 30 heavy (non-hydrogen) atoms. The van der Waals surface area contributed by atoms with Gasteiger partial charge in [0, 0.05) is 25.2 Å². The molecule has 0 saturated carbocycles. The van der Waals surface area contributed by atoms with Crippen LogP contribution in [0.3, 0.4) is 0 Å². The van der Waals surface area contributed by atoms with Crippen LogP contribution < -0.4 is 0 Å². The highest BCUT2D eigenvalue weighted by Gasteiger charge is 2.35. The number of benzene rings is 1. The van der Waals surface area contributed by atoms with Crippen molar-refractivity contribution in [3.63, 3.8) is 0 Å². The Kier molecular flexibility index (Phi) is 5.97. The van der Waals surface area contributed by atoms with Gasteiger partial charge in [0.1, 0.15) is 0 Å². The molecule has 1 aliphatic heterocycles. The third-order valence-electron chi connectivity index (χ3n) is 4.27. The number of likely N-dealkylation sites (N-methyl/N-ethyl adjacent to an activating group) is 1. The van der Waals surface area contributed by atoms with Crippen molar-refractivity contribution in [2.75, 3.05) is 20.2 Å². The molecule has 0 radical (unpaired) electrons. The molecule has 2 heterocycles. The third kappa shape index (κ3) is 5.23. The SMILES string of the molecule is CN(C[C@H]1CO1)S(=O)(=O)c1cc(-c2cccc(/C=C/C(=O)O)n2)cc(C(F)(F)F)c1. The first-order chi connectivity index (χ1) is 14.0. The summed E-state index contributed by atoms with van der Waals surface area (Å²) in [5, 5.41) is 8.71. The van der Waals surface area contributed by atoms with E-state index in [9.17, 15) is 26.4 Å². The summed E-state index contributed by atoms with van der Waals surface area (Å²) in [6.45, 7) is 0.426. The van der Waals surface area contributed by atoms with E-state index in [-0.39, 0.29) is 29.6 Å². The molecule has 0 spiro atoms. The van der Waals surface area contributed by atoms with Crippen molar-refractivity contribution < 1.29 is 36.2 Å². The van der Waals surface area contributed by atoms with Crippen LogP contribution >= 0.6 is 0 Å². The lowest BCUT2D eigenvalue weighted by atomic mass is 10.1. The topological polar surface area (TPSA) is 100 Å². The number of aliphatic carboxylic acids is 1. The molecule has 11 heteroatoms. The highest BCUT2D eigenvalue weighted by atomic mass is 32.2. The zero-order chi connectivity index (χ0) is 22.1. The summed E-state index contributed by atoms with van der Waals surface area (Å²) in [5.74, 6) is -1.21. The number of sulfonamides is 1. The summed E-state index contributed by atoms with van der Waals surface area (Å²) in [4.78, 5) is 14.3. The van der Waals surface area contributed by atoms with Crippen LogP contribution in [0.2, 0.25) is 0 Å². The Morgan fingerprint density at radius 1 is 1.33 bits per heavy atom. The van der Waals surface area contributed by atoms with Crippen molar-refractivity contribution in [2.24, 2.45) is 0 Å². The number of rotatable bonds is 7. The van der Waals surface area contributed by atoms with Gasteiger partial charge in [0.25, 0.3) is 0 Å². The van der Waals surface area contributed by atoms with E-state index in [1.54, 1.807) is 0 Å². The van der Waals surface area contributed by atoms with Crippen LogP contribution in [0.5, 0.6) is 0 Å². The summed E-state index contributed by atoms with van der Waals surface area (Å²) < 4.78 is 71.9. The number of halogens is 3. The predicted octanol–water partition coefficient (Wildman–Crippen LogP) is 2.88. The zero-order valence-corrected chi connectivity index (χ0v) is 16.4. The van der Waals surface area contributed by atoms with Crippen molar-refractivity contribution in [1.29, 1.82) is 0 Å². The first-order valence-electron chi connectivity index (χ1n) is 8.65. The number of carboxylic acids is 1. The number of aromatic nitrogens is 1. The largest absolute Gasteiger partial charge is 0.478 e. The minimum absolute atomic E-state index is 0.0294. The quantitative estimate of drug-likeness (QED) is 0.523. The van der Waals surface area contributed by atoms with Gasteiger partial charge in [-0.15, -0.1) is 0 Å². The molecule has 0 bridgehead atoms. The molecule has 160 valence electrons. The van der Waals surface area contributed by atoms with Crippen LogP contribution in [-0.2, 0) is 25.7 Å². The molecule has 1 N–H and O–H groups in total. The molecule has 0 aliphatic carbocycles. The van der Waals surface area contributed by atoms with Crippen LogP contribution in [-0.4, -0.2) is 55.1 Å². The molecule has 1 aliphatic rings. The molecule has 1 atom stereocenters. The molecule has 7 nitrogen and oxygen atoms in total. The molecule has 1 saturated heterocycles. The van der Waals surface area contributed by atoms with Crippen LogP contribution in [0.4, 0.5) is 13.2 Å². The van der Waals surface area contributed by atoms with Crippen molar-refractivity contribution >= 4 is 22.1 Å². The average Bonchev–Trinajstić information content (AvgIpc) is 3.49. The number of pyridine rings is 1. The van der Waals surface area contributed by atoms with E-state index < -0.39 is 32.6 Å². The second kappa shape index (κ2) is 8.17. The van der Waals surface area contributed by atoms with E-state index in [1.165, 1.54) is 31.3 Å². The van der Waals surface area contributed by atoms with E-state index in [4.69, 9.17) is 9.84 Å². The maximum absolute atomic E-state index is 13.4. The van der Waals surface area contributed by atoms with Gasteiger partial charge in [-0.05, 0) is 36.4 Å². The summed E-state index contributed by atoms with van der Waals surface area (Å²) in [6.07, 6.45) is -3.03. The summed E-state index contributed by atoms with van der Waals surface area (Å²) in [7, 11) is -2.93. The molecule has 0 unspecified atom stereocenters. The number of carbonyl (C=O) groups is 1. The zero-order valence-electron chi connectivity index (χ0n) is 15.6. The maximum Gasteiger partial charge on any atom is 0.416 e. The minimum Gasteiger partial charge on any atom is -0.478 e. The molecule has 1 aromatic carbocycles. The lowest BCUT2D eigenvalue weighted by molar-refractivity contribution is -0.137. The van der Waals surface area contributed by atoms with E-state index in [0.29, 0.717) is 12.7 Å². The van der Waals surface area contributed by atoms with E-state index in [0.717, 1.165) is 22.5 Å². The average molecular weight is 442 g/mol. The number of ether oxygens (including phenoxy) is 1. The third-order valence-corrected chi connectivity index (χ3v) is 6.07. The highest BCUT2D eigenvalue weighted by molar-refractivity contribution is 7.89. The van der Waals surface area contributed by atoms with E-state index in [2.05, 4.69) is 4.98 Å². The van der Waals surface area contributed by atoms with Crippen LogP contribution in [0.1, 0.15) is 11.3 Å². The Balaban J connectivity index is 2.08. The van der Waals surface area contributed by atoms with E-state index >= 15 is 0 Å². The standard InChI is InChI=1S/C19H17F3N2O5S/c1-24(10-15-11-29-15)30(27,28)16-8-12(7-13(9-16)19(20,21)22)17-4-2-3-14(23-17)5-6-18(25)26/h2-9,15H,10-11H2,1H3,(H,25,26)/b6-5+/t15-/m0/s1. The maximum atomic E-state index is 13.4. The van der Waals surface area contributed by atoms with Crippen LogP contribution in [0.25, 0.3) is 17.3 Å². The number of hydrogen-bond donors (Lipinski definition) is 1. The first kappa shape index (κ1) is 21.9. The molecule has 1 fully saturated rings. The van der Waals surface area contributed by atoms with Gasteiger partial charge in [-0.25, -0.2) is 18.2 Å². The Labute approximate surface area is 170 Å². The molecular weight excluding hydrogens is 425 g/mol. The van der Waals surface area contributed by atoms with Gasteiger partial charge >= 0.3 is 12.1 Å². The number of epoxide rings is 1. The van der Waals surface area contributed by atoms with Crippen molar-refractivity contribution in [1.82, 2.24) is 9.29 Å². The fourth-order valence-corrected chi connectivity index (χ4v) is 3.93. The Morgan fingerprint density at radius 2 is 2.03 bits per heavy atom. The first-order valence-corrected chi connectivity index (χ1v) is 10.1. The summed E-state index contributed by atoms with van der Waals surface area (Å²) in [5.41, 5.74) is -0.939. The molecule has 1 aromatic heterocycles. The van der Waals surface area contributed by atoms with Crippen molar-refractivity contribution in [3.8, 4) is 11.3 Å². The van der Waals surface area contributed by atoms with Gasteiger partial charge in [0.05, 0.1) is 34.6 Å². The number of nitrogens with zero attached hydrogens (tertiary/aromatic N) is 2. The Hall–Kier alpha value is -2.76. The van der Waals surface area contributed by atoms with Crippen molar-refractivity contribution in [3.05, 3.63) is 53.7 Å². The lowest BCUT2D eigenvalue weighted by Gasteiger charge is -2.18. The predicted molar refractivity (Wildman–Crippen MR) is 101 cm³/mol. The van der Waals surface area contributed by atoms with Gasteiger partial charge in [0.2, 0.25) is 10.0 Å². The molecule has 0 amide bonds. The second-order valence-corrected chi connectivity index (χ2v) is 8.65. The van der Waals surface area contributed by atoms with Gasteiger partial charge in [-0.2, -0.15) is 17.5 Å². The number of alkyl halides is 3. The summed E-state index contributed by atoms with van der Waals surface area (Å²) in [6, 6.07) is 6.85. The Morgan fingerprint density at radius 3 is 2.63 bits per heavy atom. The normalized spacial score (nSPS) is 16.9. The molecular formula is C19H17F3N2O5S. The van der Waals surface area contributed by atoms with Crippen molar-refractivity contribution in [2.45, 2.75) is 17.2 Å². The number of hydrogen-bond acceptors (Lipinski definition) is 5. The smallest absolute Gasteiger partial charge is 0.416 e. The molecule has 3 rings (SSSR count). The molecule has 2 aromatic rings. The fourth-order valence-electron chi connectivity index (χ4n) is 2.66. The fraction of sp³-hybridized carbons (Fsp3) is 0.263. The Bertz CT molecular complexity index is 1100. The van der Waals surface area contributed by atoms with Crippen LogP contribution in [0.15, 0.2) is 47.4 Å². The number of carboxylic acid groups (broad SMARTS) is 1. The van der Waals surface area contributed by atoms with Crippen LogP contribution in [0, 0.1) is 0 Å². The van der Waals surface area contributed by atoms with Gasteiger partial charge in [-0.3, -0.25) is 0 Å². The summed E-state index contributed by atoms with van der Waals surface area (Å²) >= 11 is 0. The second-order valence-electron chi connectivity index (χ2n) is 6.60. The highest BCUT2D eigenvalue weighted by Crippen LogP contribution is 2.35.